The summed E-state index contributed by atoms with van der Waals surface area (Å²) in [5.41, 5.74) is 9.29. The number of amides is 1. The van der Waals surface area contributed by atoms with Crippen molar-refractivity contribution < 1.29 is 14.6 Å². The number of nitrogens with two attached hydrogens (primary N) is 1. The van der Waals surface area contributed by atoms with Crippen LogP contribution >= 0.6 is 0 Å². The smallest absolute Gasteiger partial charge is 0.410 e. The molecule has 3 aromatic rings. The van der Waals surface area contributed by atoms with Gasteiger partial charge in [-0.3, -0.25) is 15.3 Å². The number of unbranched alkanes of at least 4 members (excludes halogenated alkanes) is 1. The van der Waals surface area contributed by atoms with Crippen molar-refractivity contribution in [2.75, 3.05) is 43.9 Å². The first kappa shape index (κ1) is 20.7. The Balaban J connectivity index is 1.56. The number of nitrogen functional groups attached to an aromatic ring is 1. The largest absolute Gasteiger partial charge is 0.465 e. The van der Waals surface area contributed by atoms with Crippen LogP contribution in [0.3, 0.4) is 0 Å². The van der Waals surface area contributed by atoms with Gasteiger partial charge in [-0.1, -0.05) is 11.8 Å². The van der Waals surface area contributed by atoms with Crippen molar-refractivity contribution in [1.29, 1.82) is 0 Å². The summed E-state index contributed by atoms with van der Waals surface area (Å²) in [5.74, 6) is 7.15. The zero-order chi connectivity index (χ0) is 21.6. The van der Waals surface area contributed by atoms with Gasteiger partial charge in [0.05, 0.1) is 24.3 Å². The molecule has 0 spiro atoms. The van der Waals surface area contributed by atoms with E-state index in [1.54, 1.807) is 12.3 Å². The number of fused-ring (bicyclic) bond motifs is 1. The second-order valence-electron chi connectivity index (χ2n) is 7.27. The molecule has 1 saturated heterocycles. The third-order valence-corrected chi connectivity index (χ3v) is 5.13. The maximum atomic E-state index is 10.9. The van der Waals surface area contributed by atoms with Crippen molar-refractivity contribution in [2.45, 2.75) is 12.8 Å². The second kappa shape index (κ2) is 9.47. The molecule has 2 aromatic heterocycles. The standard InChI is InChI=1S/C22H24N6O3/c23-21-18-13-17(15-5-6-24-19(14-15)25-22(29)30)12-16(20(18)26-27-21)4-2-1-3-7-28-8-10-31-11-9-28/h5-6,12-14H,1,3,7-11H2,(H,24,25)(H,29,30)(H3,23,26,27). The van der Waals surface area contributed by atoms with Crippen LogP contribution in [0.2, 0.25) is 0 Å². The van der Waals surface area contributed by atoms with Gasteiger partial charge in [-0.2, -0.15) is 5.10 Å². The third-order valence-electron chi connectivity index (χ3n) is 5.13. The van der Waals surface area contributed by atoms with E-state index >= 15 is 0 Å². The van der Waals surface area contributed by atoms with Gasteiger partial charge in [-0.25, -0.2) is 9.78 Å². The number of hydrogen-bond acceptors (Lipinski definition) is 6. The van der Waals surface area contributed by atoms with Crippen molar-refractivity contribution >= 4 is 28.6 Å². The zero-order valence-electron chi connectivity index (χ0n) is 17.0. The van der Waals surface area contributed by atoms with E-state index in [9.17, 15) is 4.79 Å². The van der Waals surface area contributed by atoms with E-state index in [0.29, 0.717) is 5.82 Å². The van der Waals surface area contributed by atoms with Crippen LogP contribution in [-0.4, -0.2) is 64.1 Å². The third kappa shape index (κ3) is 5.12. The summed E-state index contributed by atoms with van der Waals surface area (Å²) < 4.78 is 5.38. The molecular weight excluding hydrogens is 396 g/mol. The van der Waals surface area contributed by atoms with Gasteiger partial charge in [-0.05, 0) is 48.4 Å². The number of aromatic amines is 1. The lowest BCUT2D eigenvalue weighted by atomic mass is 10.0. The van der Waals surface area contributed by atoms with Crippen molar-refractivity contribution in [3.63, 3.8) is 0 Å². The molecule has 0 unspecified atom stereocenters. The summed E-state index contributed by atoms with van der Waals surface area (Å²) in [7, 11) is 0. The molecule has 1 amide bonds. The molecule has 0 saturated carbocycles. The summed E-state index contributed by atoms with van der Waals surface area (Å²) >= 11 is 0. The Labute approximate surface area is 179 Å². The SMILES string of the molecule is Nc1n[nH]c2c(C#CCCCN3CCOCC3)cc(-c3ccnc(NC(=O)O)c3)cc12. The lowest BCUT2D eigenvalue weighted by Crippen LogP contribution is -2.36. The molecule has 5 N–H and O–H groups in total. The number of H-pyrrole nitrogens is 1. The molecule has 31 heavy (non-hydrogen) atoms. The van der Waals surface area contributed by atoms with Gasteiger partial charge in [0.15, 0.2) is 5.82 Å². The number of anilines is 2. The first-order valence-electron chi connectivity index (χ1n) is 10.1. The molecule has 4 rings (SSSR count). The number of carboxylic acid groups (broad SMARTS) is 1. The summed E-state index contributed by atoms with van der Waals surface area (Å²) in [6, 6.07) is 7.35. The van der Waals surface area contributed by atoms with Gasteiger partial charge in [0.1, 0.15) is 5.82 Å². The van der Waals surface area contributed by atoms with Gasteiger partial charge >= 0.3 is 6.09 Å². The molecule has 0 bridgehead atoms. The minimum Gasteiger partial charge on any atom is -0.465 e. The number of benzene rings is 1. The van der Waals surface area contributed by atoms with Crippen molar-refractivity contribution in [1.82, 2.24) is 20.1 Å². The predicted octanol–water partition coefficient (Wildman–Crippen LogP) is 2.76. The molecule has 1 aliphatic heterocycles. The summed E-state index contributed by atoms with van der Waals surface area (Å²) in [6.45, 7) is 4.58. The van der Waals surface area contributed by atoms with Crippen LogP contribution in [0.25, 0.3) is 22.0 Å². The fraction of sp³-hybridized carbons (Fsp3) is 0.318. The topological polar surface area (TPSA) is 129 Å². The van der Waals surface area contributed by atoms with E-state index in [0.717, 1.165) is 73.3 Å². The Morgan fingerprint density at radius 2 is 2.13 bits per heavy atom. The van der Waals surface area contributed by atoms with Gasteiger partial charge in [-0.15, -0.1) is 0 Å². The van der Waals surface area contributed by atoms with Crippen LogP contribution in [0, 0.1) is 11.8 Å². The van der Waals surface area contributed by atoms with E-state index in [-0.39, 0.29) is 5.82 Å². The maximum absolute atomic E-state index is 10.9. The number of pyridine rings is 1. The van der Waals surface area contributed by atoms with E-state index in [2.05, 4.69) is 37.2 Å². The number of nitrogens with zero attached hydrogens (tertiary/aromatic N) is 3. The Morgan fingerprint density at radius 1 is 1.29 bits per heavy atom. The number of aromatic nitrogens is 3. The second-order valence-corrected chi connectivity index (χ2v) is 7.27. The van der Waals surface area contributed by atoms with Crippen molar-refractivity contribution in [2.24, 2.45) is 0 Å². The van der Waals surface area contributed by atoms with Crippen LogP contribution in [0.1, 0.15) is 18.4 Å². The molecule has 0 aliphatic carbocycles. The summed E-state index contributed by atoms with van der Waals surface area (Å²) in [6.07, 6.45) is 2.17. The van der Waals surface area contributed by atoms with Crippen LogP contribution in [-0.2, 0) is 4.74 Å². The lowest BCUT2D eigenvalue weighted by molar-refractivity contribution is 0.0376. The lowest BCUT2D eigenvalue weighted by Gasteiger charge is -2.26. The van der Waals surface area contributed by atoms with Crippen molar-refractivity contribution in [3.8, 4) is 23.0 Å². The monoisotopic (exact) mass is 420 g/mol. The highest BCUT2D eigenvalue weighted by molar-refractivity contribution is 5.96. The minimum atomic E-state index is -1.16. The molecule has 1 aromatic carbocycles. The Morgan fingerprint density at radius 3 is 2.94 bits per heavy atom. The highest BCUT2D eigenvalue weighted by atomic mass is 16.5. The summed E-state index contributed by atoms with van der Waals surface area (Å²) in [5, 5.41) is 19.1. The van der Waals surface area contributed by atoms with E-state index < -0.39 is 6.09 Å². The Hall–Kier alpha value is -3.61. The summed E-state index contributed by atoms with van der Waals surface area (Å²) in [4.78, 5) is 17.3. The quantitative estimate of drug-likeness (QED) is 0.369. The average Bonchev–Trinajstić information content (AvgIpc) is 3.15. The molecule has 3 heterocycles. The Bertz CT molecular complexity index is 1140. The number of morpholine rings is 1. The molecule has 9 nitrogen and oxygen atoms in total. The first-order valence-corrected chi connectivity index (χ1v) is 10.1. The number of carbonyl (C=O) groups is 1. The van der Waals surface area contributed by atoms with Crippen LogP contribution < -0.4 is 11.1 Å². The molecule has 160 valence electrons. The molecule has 1 fully saturated rings. The highest BCUT2D eigenvalue weighted by Gasteiger charge is 2.11. The number of rotatable bonds is 5. The molecule has 9 heteroatoms. The van der Waals surface area contributed by atoms with Gasteiger partial charge in [0.25, 0.3) is 0 Å². The predicted molar refractivity (Wildman–Crippen MR) is 119 cm³/mol. The molecule has 1 aliphatic rings. The molecule has 0 atom stereocenters. The normalized spacial score (nSPS) is 14.2. The number of hydrogen-bond donors (Lipinski definition) is 4. The minimum absolute atomic E-state index is 0.251. The van der Waals surface area contributed by atoms with Gasteiger partial charge < -0.3 is 15.6 Å². The highest BCUT2D eigenvalue weighted by Crippen LogP contribution is 2.30. The average molecular weight is 420 g/mol. The van der Waals surface area contributed by atoms with Gasteiger partial charge in [0.2, 0.25) is 0 Å². The fourth-order valence-corrected chi connectivity index (χ4v) is 3.57. The van der Waals surface area contributed by atoms with Crippen LogP contribution in [0.4, 0.5) is 16.4 Å². The first-order chi connectivity index (χ1) is 15.1. The van der Waals surface area contributed by atoms with Crippen molar-refractivity contribution in [3.05, 3.63) is 36.0 Å². The number of ether oxygens (including phenoxy) is 1. The van der Waals surface area contributed by atoms with E-state index in [1.165, 1.54) is 0 Å². The van der Waals surface area contributed by atoms with Gasteiger partial charge in [0, 0.05) is 31.1 Å². The molecular formula is C22H24N6O3. The van der Waals surface area contributed by atoms with Crippen LogP contribution in [0.15, 0.2) is 30.5 Å². The van der Waals surface area contributed by atoms with E-state index in [4.69, 9.17) is 15.6 Å². The molecule has 0 radical (unpaired) electrons. The maximum Gasteiger partial charge on any atom is 0.410 e. The number of nitrogens with one attached hydrogen (secondary N) is 2. The van der Waals surface area contributed by atoms with Crippen LogP contribution in [0.5, 0.6) is 0 Å². The Kier molecular flexibility index (Phi) is 6.31. The fourth-order valence-electron chi connectivity index (χ4n) is 3.57. The zero-order valence-corrected chi connectivity index (χ0v) is 17.0. The van der Waals surface area contributed by atoms with E-state index in [1.807, 2.05) is 18.2 Å².